The second-order valence-electron chi connectivity index (χ2n) is 4.73. The van der Waals surface area contributed by atoms with Crippen LogP contribution >= 0.6 is 27.3 Å². The van der Waals surface area contributed by atoms with Gasteiger partial charge in [-0.1, -0.05) is 25.5 Å². The number of benzene rings is 1. The highest BCUT2D eigenvalue weighted by atomic mass is 79.9. The van der Waals surface area contributed by atoms with Gasteiger partial charge in [0.25, 0.3) is 0 Å². The maximum Gasteiger partial charge on any atom is 0.145 e. The Balaban J connectivity index is 2.00. The molecule has 0 saturated carbocycles. The van der Waals surface area contributed by atoms with Crippen LogP contribution in [0.1, 0.15) is 36.3 Å². The molecule has 0 fully saturated rings. The van der Waals surface area contributed by atoms with Crippen LogP contribution in [0.15, 0.2) is 40.2 Å². The Hall–Kier alpha value is -0.840. The van der Waals surface area contributed by atoms with Crippen molar-refractivity contribution in [2.24, 2.45) is 5.73 Å². The minimum absolute atomic E-state index is 0.0761. The highest BCUT2D eigenvalue weighted by molar-refractivity contribution is 9.11. The molecule has 0 saturated heterocycles. The molecule has 1 aromatic heterocycles. The van der Waals surface area contributed by atoms with Crippen LogP contribution in [0.4, 0.5) is 0 Å². The largest absolute Gasteiger partial charge is 0.484 e. The molecule has 1 heterocycles. The highest BCUT2D eigenvalue weighted by Crippen LogP contribution is 2.30. The monoisotopic (exact) mass is 353 g/mol. The number of hydrogen-bond acceptors (Lipinski definition) is 3. The van der Waals surface area contributed by atoms with E-state index in [4.69, 9.17) is 10.5 Å². The van der Waals surface area contributed by atoms with Gasteiger partial charge >= 0.3 is 0 Å². The summed E-state index contributed by atoms with van der Waals surface area (Å²) < 4.78 is 7.09. The standard InChI is InChI=1S/C16H20BrNOS/c1-2-3-4-12-5-7-13(8-6-12)19-14(11-18)15-9-10-16(17)20-15/h5-10,14H,2-4,11,18H2,1H3. The van der Waals surface area contributed by atoms with E-state index in [0.717, 1.165) is 20.8 Å². The average Bonchev–Trinajstić information content (AvgIpc) is 2.90. The summed E-state index contributed by atoms with van der Waals surface area (Å²) in [5.74, 6) is 0.880. The summed E-state index contributed by atoms with van der Waals surface area (Å²) >= 11 is 5.14. The Labute approximate surface area is 133 Å². The molecular formula is C16H20BrNOS. The quantitative estimate of drug-likeness (QED) is 0.765. The lowest BCUT2D eigenvalue weighted by atomic mass is 10.1. The molecule has 0 bridgehead atoms. The molecule has 20 heavy (non-hydrogen) atoms. The highest BCUT2D eigenvalue weighted by Gasteiger charge is 2.13. The molecule has 2 rings (SSSR count). The van der Waals surface area contributed by atoms with Crippen molar-refractivity contribution in [3.8, 4) is 5.75 Å². The summed E-state index contributed by atoms with van der Waals surface area (Å²) in [6.07, 6.45) is 3.51. The second kappa shape index (κ2) is 7.81. The lowest BCUT2D eigenvalue weighted by molar-refractivity contribution is 0.218. The number of aryl methyl sites for hydroxylation is 1. The van der Waals surface area contributed by atoms with Gasteiger partial charge < -0.3 is 10.5 Å². The fraction of sp³-hybridized carbons (Fsp3) is 0.375. The summed E-state index contributed by atoms with van der Waals surface area (Å²) in [5, 5.41) is 0. The minimum Gasteiger partial charge on any atom is -0.484 e. The normalized spacial score (nSPS) is 12.3. The van der Waals surface area contributed by atoms with Crippen LogP contribution < -0.4 is 10.5 Å². The summed E-state index contributed by atoms with van der Waals surface area (Å²) in [7, 11) is 0. The van der Waals surface area contributed by atoms with Crippen molar-refractivity contribution < 1.29 is 4.74 Å². The van der Waals surface area contributed by atoms with Crippen LogP contribution in [-0.2, 0) is 6.42 Å². The topological polar surface area (TPSA) is 35.2 Å². The Kier molecular flexibility index (Phi) is 6.07. The van der Waals surface area contributed by atoms with Crippen molar-refractivity contribution in [3.05, 3.63) is 50.6 Å². The van der Waals surface area contributed by atoms with E-state index in [1.54, 1.807) is 11.3 Å². The Morgan fingerprint density at radius 3 is 2.50 bits per heavy atom. The fourth-order valence-electron chi connectivity index (χ4n) is 2.00. The van der Waals surface area contributed by atoms with Gasteiger partial charge in [-0.25, -0.2) is 0 Å². The van der Waals surface area contributed by atoms with Gasteiger partial charge in [-0.2, -0.15) is 0 Å². The van der Waals surface area contributed by atoms with Crippen molar-refractivity contribution in [2.45, 2.75) is 32.3 Å². The predicted molar refractivity (Wildman–Crippen MR) is 89.5 cm³/mol. The Bertz CT molecular complexity index is 524. The zero-order valence-corrected chi connectivity index (χ0v) is 14.0. The number of hydrogen-bond donors (Lipinski definition) is 1. The van der Waals surface area contributed by atoms with Crippen molar-refractivity contribution >= 4 is 27.3 Å². The number of ether oxygens (including phenoxy) is 1. The third kappa shape index (κ3) is 4.33. The molecule has 108 valence electrons. The first-order valence-electron chi connectivity index (χ1n) is 6.93. The van der Waals surface area contributed by atoms with Crippen LogP contribution in [0.25, 0.3) is 0 Å². The van der Waals surface area contributed by atoms with E-state index in [0.29, 0.717) is 6.54 Å². The van der Waals surface area contributed by atoms with E-state index in [-0.39, 0.29) is 6.10 Å². The summed E-state index contributed by atoms with van der Waals surface area (Å²) in [4.78, 5) is 1.15. The summed E-state index contributed by atoms with van der Waals surface area (Å²) in [5.41, 5.74) is 7.19. The summed E-state index contributed by atoms with van der Waals surface area (Å²) in [6.45, 7) is 2.69. The van der Waals surface area contributed by atoms with Gasteiger partial charge in [0, 0.05) is 11.4 Å². The molecule has 0 aliphatic carbocycles. The van der Waals surface area contributed by atoms with Gasteiger partial charge in [0.05, 0.1) is 3.79 Å². The van der Waals surface area contributed by atoms with Crippen LogP contribution in [0, 0.1) is 0 Å². The maximum absolute atomic E-state index is 5.99. The van der Waals surface area contributed by atoms with E-state index < -0.39 is 0 Å². The molecule has 2 N–H and O–H groups in total. The molecule has 4 heteroatoms. The molecule has 1 aromatic carbocycles. The Morgan fingerprint density at radius 1 is 1.20 bits per heavy atom. The van der Waals surface area contributed by atoms with Gasteiger partial charge in [0.15, 0.2) is 0 Å². The molecule has 0 spiro atoms. The first kappa shape index (κ1) is 15.5. The van der Waals surface area contributed by atoms with Crippen molar-refractivity contribution in [3.63, 3.8) is 0 Å². The lowest BCUT2D eigenvalue weighted by Gasteiger charge is -2.16. The van der Waals surface area contributed by atoms with Crippen LogP contribution in [0.3, 0.4) is 0 Å². The lowest BCUT2D eigenvalue weighted by Crippen LogP contribution is -2.17. The van der Waals surface area contributed by atoms with Crippen molar-refractivity contribution in [1.29, 1.82) is 0 Å². The number of nitrogens with two attached hydrogens (primary N) is 1. The van der Waals surface area contributed by atoms with Crippen LogP contribution in [0.5, 0.6) is 5.75 Å². The second-order valence-corrected chi connectivity index (χ2v) is 7.23. The Morgan fingerprint density at radius 2 is 1.95 bits per heavy atom. The predicted octanol–water partition coefficient (Wildman–Crippen LogP) is 4.93. The molecule has 2 aromatic rings. The third-order valence-corrected chi connectivity index (χ3v) is 4.86. The van der Waals surface area contributed by atoms with Crippen molar-refractivity contribution in [1.82, 2.24) is 0 Å². The third-order valence-electron chi connectivity index (χ3n) is 3.15. The molecule has 1 atom stereocenters. The zero-order valence-electron chi connectivity index (χ0n) is 11.6. The van der Waals surface area contributed by atoms with E-state index >= 15 is 0 Å². The van der Waals surface area contributed by atoms with Gasteiger partial charge in [-0.05, 0) is 58.6 Å². The molecular weight excluding hydrogens is 334 g/mol. The van der Waals surface area contributed by atoms with Gasteiger partial charge in [-0.15, -0.1) is 11.3 Å². The van der Waals surface area contributed by atoms with E-state index in [1.165, 1.54) is 18.4 Å². The zero-order chi connectivity index (χ0) is 14.4. The first-order chi connectivity index (χ1) is 9.72. The van der Waals surface area contributed by atoms with Gasteiger partial charge in [0.2, 0.25) is 0 Å². The molecule has 1 unspecified atom stereocenters. The van der Waals surface area contributed by atoms with Crippen LogP contribution in [-0.4, -0.2) is 6.54 Å². The smallest absolute Gasteiger partial charge is 0.145 e. The number of unbranched alkanes of at least 4 members (excludes halogenated alkanes) is 1. The van der Waals surface area contributed by atoms with Gasteiger partial charge in [0.1, 0.15) is 11.9 Å². The summed E-state index contributed by atoms with van der Waals surface area (Å²) in [6, 6.07) is 12.4. The number of thiophene rings is 1. The SMILES string of the molecule is CCCCc1ccc(OC(CN)c2ccc(Br)s2)cc1. The van der Waals surface area contributed by atoms with Crippen molar-refractivity contribution in [2.75, 3.05) is 6.54 Å². The van der Waals surface area contributed by atoms with E-state index in [2.05, 4.69) is 41.1 Å². The van der Waals surface area contributed by atoms with E-state index in [1.807, 2.05) is 18.2 Å². The fourth-order valence-corrected chi connectivity index (χ4v) is 3.47. The van der Waals surface area contributed by atoms with E-state index in [9.17, 15) is 0 Å². The number of rotatable bonds is 7. The molecule has 0 aliphatic rings. The molecule has 0 amide bonds. The number of halogens is 1. The molecule has 2 nitrogen and oxygen atoms in total. The molecule has 0 aliphatic heterocycles. The first-order valence-corrected chi connectivity index (χ1v) is 8.54. The molecule has 0 radical (unpaired) electrons. The minimum atomic E-state index is -0.0761. The maximum atomic E-state index is 5.99. The average molecular weight is 354 g/mol. The van der Waals surface area contributed by atoms with Gasteiger partial charge in [-0.3, -0.25) is 0 Å². The van der Waals surface area contributed by atoms with Crippen LogP contribution in [0.2, 0.25) is 0 Å².